The maximum atomic E-state index is 10.9. The highest BCUT2D eigenvalue weighted by Crippen LogP contribution is 2.33. The Morgan fingerprint density at radius 1 is 1.14 bits per heavy atom. The summed E-state index contributed by atoms with van der Waals surface area (Å²) in [6.07, 6.45) is 0. The van der Waals surface area contributed by atoms with Gasteiger partial charge in [0.1, 0.15) is 12.7 Å². The molecule has 4 nitrogen and oxygen atoms in total. The molecule has 0 fully saturated rings. The van der Waals surface area contributed by atoms with Crippen LogP contribution in [-0.4, -0.2) is 5.97 Å². The number of hydrogen-bond donors (Lipinski definition) is 0. The van der Waals surface area contributed by atoms with Crippen LogP contribution in [0.4, 0.5) is 0 Å². The number of nitrogens with zero attached hydrogens (tertiary/aromatic N) is 2. The molecule has 108 valence electrons. The average molecular weight is 355 g/mol. The van der Waals surface area contributed by atoms with E-state index in [1.165, 1.54) is 6.92 Å². The van der Waals surface area contributed by atoms with Crippen molar-refractivity contribution >= 4 is 21.9 Å². The lowest BCUT2D eigenvalue weighted by Crippen LogP contribution is -2.01. The Morgan fingerprint density at radius 3 is 2.50 bits per heavy atom. The number of carbonyl (C=O) groups is 1. The van der Waals surface area contributed by atoms with E-state index >= 15 is 0 Å². The molecule has 0 aliphatic heterocycles. The van der Waals surface area contributed by atoms with Crippen LogP contribution in [0.15, 0.2) is 40.9 Å². The maximum Gasteiger partial charge on any atom is 0.302 e. The number of nitriles is 2. The molecule has 0 N–H and O–H groups in total. The Bertz CT molecular complexity index is 816. The fraction of sp³-hybridized carbons (Fsp3) is 0.118. The van der Waals surface area contributed by atoms with E-state index in [1.807, 2.05) is 6.07 Å². The summed E-state index contributed by atoms with van der Waals surface area (Å²) in [5.41, 5.74) is 2.97. The molecule has 0 unspecified atom stereocenters. The van der Waals surface area contributed by atoms with Crippen LogP contribution in [0.5, 0.6) is 0 Å². The molecule has 0 atom stereocenters. The minimum Gasteiger partial charge on any atom is -0.461 e. The van der Waals surface area contributed by atoms with Crippen molar-refractivity contribution < 1.29 is 9.53 Å². The third-order valence-electron chi connectivity index (χ3n) is 3.10. The lowest BCUT2D eigenvalue weighted by molar-refractivity contribution is -0.142. The van der Waals surface area contributed by atoms with E-state index in [0.717, 1.165) is 0 Å². The molecule has 0 amide bonds. The van der Waals surface area contributed by atoms with Gasteiger partial charge in [0.2, 0.25) is 0 Å². The zero-order chi connectivity index (χ0) is 16.1. The molecule has 0 aliphatic carbocycles. The number of carbonyl (C=O) groups excluding carboxylic acids is 1. The van der Waals surface area contributed by atoms with Gasteiger partial charge in [-0.25, -0.2) is 0 Å². The average Bonchev–Trinajstić information content (AvgIpc) is 2.53. The van der Waals surface area contributed by atoms with Crippen LogP contribution in [-0.2, 0) is 16.1 Å². The minimum atomic E-state index is -0.385. The van der Waals surface area contributed by atoms with Crippen molar-refractivity contribution in [2.45, 2.75) is 13.5 Å². The van der Waals surface area contributed by atoms with Gasteiger partial charge in [-0.15, -0.1) is 0 Å². The van der Waals surface area contributed by atoms with Crippen molar-refractivity contribution in [3.8, 4) is 23.3 Å². The maximum absolute atomic E-state index is 10.9. The first-order chi connectivity index (χ1) is 10.6. The minimum absolute atomic E-state index is 0.0881. The molecule has 0 aliphatic rings. The van der Waals surface area contributed by atoms with Gasteiger partial charge in [0.15, 0.2) is 0 Å². The summed E-state index contributed by atoms with van der Waals surface area (Å²) in [6, 6.07) is 14.9. The van der Waals surface area contributed by atoms with Gasteiger partial charge in [0.25, 0.3) is 0 Å². The second kappa shape index (κ2) is 6.89. The highest BCUT2D eigenvalue weighted by atomic mass is 79.9. The van der Waals surface area contributed by atoms with Crippen molar-refractivity contribution in [3.05, 3.63) is 57.6 Å². The zero-order valence-corrected chi connectivity index (χ0v) is 13.3. The second-order valence-corrected chi connectivity index (χ2v) is 5.30. The quantitative estimate of drug-likeness (QED) is 0.782. The highest BCUT2D eigenvalue weighted by Gasteiger charge is 2.15. The third-order valence-corrected chi connectivity index (χ3v) is 4.01. The molecule has 0 bridgehead atoms. The van der Waals surface area contributed by atoms with Crippen molar-refractivity contribution in [1.29, 1.82) is 10.5 Å². The number of benzene rings is 2. The number of halogens is 1. The molecule has 0 heterocycles. The van der Waals surface area contributed by atoms with E-state index in [2.05, 4.69) is 28.1 Å². The summed E-state index contributed by atoms with van der Waals surface area (Å²) in [7, 11) is 0. The van der Waals surface area contributed by atoms with Crippen LogP contribution >= 0.6 is 15.9 Å². The molecule has 0 aromatic heterocycles. The van der Waals surface area contributed by atoms with E-state index in [1.54, 1.807) is 30.3 Å². The summed E-state index contributed by atoms with van der Waals surface area (Å²) >= 11 is 3.39. The smallest absolute Gasteiger partial charge is 0.302 e. The Hall–Kier alpha value is -2.63. The van der Waals surface area contributed by atoms with Gasteiger partial charge in [-0.2, -0.15) is 10.5 Å². The highest BCUT2D eigenvalue weighted by molar-refractivity contribution is 9.10. The SMILES string of the molecule is CC(=O)OCc1ccc(-c2ccccc2C#N)c(C#N)c1Br. The summed E-state index contributed by atoms with van der Waals surface area (Å²) < 4.78 is 5.54. The third kappa shape index (κ3) is 3.16. The number of hydrogen-bond acceptors (Lipinski definition) is 4. The summed E-state index contributed by atoms with van der Waals surface area (Å²) in [4.78, 5) is 10.9. The Kier molecular flexibility index (Phi) is 4.93. The fourth-order valence-electron chi connectivity index (χ4n) is 2.06. The monoisotopic (exact) mass is 354 g/mol. The molecular weight excluding hydrogens is 344 g/mol. The van der Waals surface area contributed by atoms with Crippen LogP contribution in [0.2, 0.25) is 0 Å². The normalized spacial score (nSPS) is 9.64. The second-order valence-electron chi connectivity index (χ2n) is 4.51. The largest absolute Gasteiger partial charge is 0.461 e. The van der Waals surface area contributed by atoms with Crippen molar-refractivity contribution in [3.63, 3.8) is 0 Å². The van der Waals surface area contributed by atoms with Crippen LogP contribution in [0.3, 0.4) is 0 Å². The first-order valence-corrected chi connectivity index (χ1v) is 7.22. The molecule has 2 rings (SSSR count). The standard InChI is InChI=1S/C17H11BrN2O2/c1-11(21)22-10-13-6-7-15(16(9-20)17(13)18)14-5-3-2-4-12(14)8-19/h2-7H,10H2,1H3. The molecule has 5 heteroatoms. The van der Waals surface area contributed by atoms with Gasteiger partial charge in [-0.3, -0.25) is 4.79 Å². The van der Waals surface area contributed by atoms with E-state index < -0.39 is 0 Å². The van der Waals surface area contributed by atoms with Crippen LogP contribution in [0.25, 0.3) is 11.1 Å². The summed E-state index contributed by atoms with van der Waals surface area (Å²) in [5, 5.41) is 18.7. The Morgan fingerprint density at radius 2 is 1.86 bits per heavy atom. The summed E-state index contributed by atoms with van der Waals surface area (Å²) in [6.45, 7) is 1.42. The van der Waals surface area contributed by atoms with E-state index in [4.69, 9.17) is 4.74 Å². The molecule has 2 aromatic rings. The van der Waals surface area contributed by atoms with Gasteiger partial charge < -0.3 is 4.74 Å². The van der Waals surface area contributed by atoms with Crippen LogP contribution < -0.4 is 0 Å². The lowest BCUT2D eigenvalue weighted by Gasteiger charge is -2.12. The first kappa shape index (κ1) is 15.8. The van der Waals surface area contributed by atoms with Crippen molar-refractivity contribution in [2.75, 3.05) is 0 Å². The van der Waals surface area contributed by atoms with Crippen molar-refractivity contribution in [2.24, 2.45) is 0 Å². The van der Waals surface area contributed by atoms with Gasteiger partial charge in [0.05, 0.1) is 17.2 Å². The van der Waals surface area contributed by atoms with Crippen LogP contribution in [0.1, 0.15) is 23.6 Å². The molecule has 22 heavy (non-hydrogen) atoms. The van der Waals surface area contributed by atoms with Gasteiger partial charge in [0, 0.05) is 28.1 Å². The molecule has 0 saturated carbocycles. The number of ether oxygens (including phenoxy) is 1. The molecule has 0 radical (unpaired) electrons. The van der Waals surface area contributed by atoms with Gasteiger partial charge >= 0.3 is 5.97 Å². The lowest BCUT2D eigenvalue weighted by atomic mass is 9.95. The summed E-state index contributed by atoms with van der Waals surface area (Å²) in [5.74, 6) is -0.385. The van der Waals surface area contributed by atoms with Crippen molar-refractivity contribution in [1.82, 2.24) is 0 Å². The van der Waals surface area contributed by atoms with E-state index in [9.17, 15) is 15.3 Å². The first-order valence-electron chi connectivity index (χ1n) is 6.42. The predicted molar refractivity (Wildman–Crippen MR) is 84.5 cm³/mol. The molecule has 0 spiro atoms. The molecule has 2 aromatic carbocycles. The molecular formula is C17H11BrN2O2. The fourth-order valence-corrected chi connectivity index (χ4v) is 2.61. The Balaban J connectivity index is 2.56. The van der Waals surface area contributed by atoms with E-state index in [-0.39, 0.29) is 12.6 Å². The number of rotatable bonds is 3. The van der Waals surface area contributed by atoms with E-state index in [0.29, 0.717) is 32.3 Å². The topological polar surface area (TPSA) is 73.9 Å². The predicted octanol–water partition coefficient (Wildman–Crippen LogP) is 3.92. The number of esters is 1. The Labute approximate surface area is 136 Å². The van der Waals surface area contributed by atoms with Gasteiger partial charge in [-0.05, 0) is 22.0 Å². The zero-order valence-electron chi connectivity index (χ0n) is 11.8. The molecule has 0 saturated heterocycles. The van der Waals surface area contributed by atoms with Crippen LogP contribution in [0, 0.1) is 22.7 Å². The van der Waals surface area contributed by atoms with Gasteiger partial charge in [-0.1, -0.05) is 30.3 Å².